The van der Waals surface area contributed by atoms with Gasteiger partial charge in [-0.15, -0.1) is 10.2 Å². The van der Waals surface area contributed by atoms with Gasteiger partial charge >= 0.3 is 0 Å². The van der Waals surface area contributed by atoms with Crippen molar-refractivity contribution in [3.63, 3.8) is 0 Å². The van der Waals surface area contributed by atoms with Crippen LogP contribution in [0.2, 0.25) is 5.02 Å². The molecular formula is C25H20ClN5OS. The first-order valence-corrected chi connectivity index (χ1v) is 11.6. The van der Waals surface area contributed by atoms with Gasteiger partial charge in [0.15, 0.2) is 11.0 Å². The van der Waals surface area contributed by atoms with Crippen molar-refractivity contribution in [3.8, 4) is 23.1 Å². The maximum Gasteiger partial charge on any atom is 0.234 e. The summed E-state index contributed by atoms with van der Waals surface area (Å²) < 4.78 is 1.93. The fourth-order valence-corrected chi connectivity index (χ4v) is 4.08. The molecule has 164 valence electrons. The lowest BCUT2D eigenvalue weighted by Crippen LogP contribution is -2.14. The third kappa shape index (κ3) is 5.61. The number of halogens is 1. The van der Waals surface area contributed by atoms with Crippen LogP contribution in [0, 0.1) is 18.3 Å². The molecule has 0 spiro atoms. The summed E-state index contributed by atoms with van der Waals surface area (Å²) in [5.74, 6) is 0.698. The Hall–Kier alpha value is -3.60. The molecule has 1 amide bonds. The SMILES string of the molecule is Cc1ccc(-c2nnc(SCC(=O)Nc3ccc(CC#N)cc3)n2-c2ccc(Cl)cc2)cc1. The van der Waals surface area contributed by atoms with Crippen molar-refractivity contribution in [3.05, 3.63) is 88.9 Å². The summed E-state index contributed by atoms with van der Waals surface area (Å²) in [6.45, 7) is 2.03. The van der Waals surface area contributed by atoms with Crippen molar-refractivity contribution < 1.29 is 4.79 Å². The van der Waals surface area contributed by atoms with E-state index in [1.54, 1.807) is 12.1 Å². The van der Waals surface area contributed by atoms with Gasteiger partial charge in [-0.25, -0.2) is 0 Å². The van der Waals surface area contributed by atoms with Gasteiger partial charge in [0.25, 0.3) is 0 Å². The zero-order valence-corrected chi connectivity index (χ0v) is 19.4. The van der Waals surface area contributed by atoms with Crippen LogP contribution in [0.3, 0.4) is 0 Å². The summed E-state index contributed by atoms with van der Waals surface area (Å²) >= 11 is 7.38. The second-order valence-corrected chi connectivity index (χ2v) is 8.73. The predicted octanol–water partition coefficient (Wildman–Crippen LogP) is 5.69. The second-order valence-electron chi connectivity index (χ2n) is 7.35. The van der Waals surface area contributed by atoms with Crippen molar-refractivity contribution in [2.75, 3.05) is 11.1 Å². The highest BCUT2D eigenvalue weighted by atomic mass is 35.5. The van der Waals surface area contributed by atoms with Crippen LogP contribution < -0.4 is 5.32 Å². The Balaban J connectivity index is 1.54. The Morgan fingerprint density at radius 1 is 1.03 bits per heavy atom. The first-order valence-electron chi connectivity index (χ1n) is 10.2. The smallest absolute Gasteiger partial charge is 0.234 e. The molecule has 6 nitrogen and oxygen atoms in total. The van der Waals surface area contributed by atoms with Crippen LogP contribution in [0.4, 0.5) is 5.69 Å². The third-order valence-electron chi connectivity index (χ3n) is 4.88. The van der Waals surface area contributed by atoms with Crippen molar-refractivity contribution in [1.29, 1.82) is 5.26 Å². The number of rotatable bonds is 7. The zero-order chi connectivity index (χ0) is 23.2. The van der Waals surface area contributed by atoms with Gasteiger partial charge in [-0.05, 0) is 48.9 Å². The van der Waals surface area contributed by atoms with Crippen LogP contribution in [-0.2, 0) is 11.2 Å². The molecule has 1 aromatic heterocycles. The summed E-state index contributed by atoms with van der Waals surface area (Å²) in [5, 5.41) is 21.7. The van der Waals surface area contributed by atoms with Gasteiger partial charge in [-0.2, -0.15) is 5.26 Å². The van der Waals surface area contributed by atoms with E-state index in [9.17, 15) is 4.79 Å². The Labute approximate surface area is 201 Å². The molecule has 0 saturated heterocycles. The van der Waals surface area contributed by atoms with Gasteiger partial charge in [0.05, 0.1) is 18.2 Å². The van der Waals surface area contributed by atoms with Crippen LogP contribution in [0.1, 0.15) is 11.1 Å². The van der Waals surface area contributed by atoms with Crippen LogP contribution in [0.25, 0.3) is 17.1 Å². The summed E-state index contributed by atoms with van der Waals surface area (Å²) in [5.41, 5.74) is 4.53. The summed E-state index contributed by atoms with van der Waals surface area (Å²) in [7, 11) is 0. The number of nitrogens with one attached hydrogen (secondary N) is 1. The molecule has 0 fully saturated rings. The number of hydrogen-bond donors (Lipinski definition) is 1. The number of aromatic nitrogens is 3. The van der Waals surface area contributed by atoms with E-state index >= 15 is 0 Å². The van der Waals surface area contributed by atoms with E-state index in [1.807, 2.05) is 72.2 Å². The monoisotopic (exact) mass is 473 g/mol. The minimum Gasteiger partial charge on any atom is -0.325 e. The minimum atomic E-state index is -0.157. The number of benzene rings is 3. The van der Waals surface area contributed by atoms with Gasteiger partial charge < -0.3 is 5.32 Å². The third-order valence-corrected chi connectivity index (χ3v) is 6.06. The Morgan fingerprint density at radius 3 is 2.39 bits per heavy atom. The topological polar surface area (TPSA) is 83.6 Å². The Morgan fingerprint density at radius 2 is 1.73 bits per heavy atom. The predicted molar refractivity (Wildman–Crippen MR) is 132 cm³/mol. The van der Waals surface area contributed by atoms with Gasteiger partial charge in [-0.1, -0.05) is 65.3 Å². The maximum absolute atomic E-state index is 12.5. The number of amides is 1. The molecule has 0 atom stereocenters. The van der Waals surface area contributed by atoms with E-state index in [1.165, 1.54) is 11.8 Å². The van der Waals surface area contributed by atoms with E-state index in [0.29, 0.717) is 28.1 Å². The average Bonchev–Trinajstić information content (AvgIpc) is 3.24. The van der Waals surface area contributed by atoms with Gasteiger partial charge in [0.1, 0.15) is 0 Å². The van der Waals surface area contributed by atoms with Crippen LogP contribution in [-0.4, -0.2) is 26.4 Å². The van der Waals surface area contributed by atoms with E-state index in [4.69, 9.17) is 16.9 Å². The molecule has 0 radical (unpaired) electrons. The molecule has 0 aliphatic carbocycles. The number of carbonyl (C=O) groups is 1. The molecule has 0 saturated carbocycles. The van der Waals surface area contributed by atoms with Crippen LogP contribution in [0.5, 0.6) is 0 Å². The fourth-order valence-electron chi connectivity index (χ4n) is 3.20. The number of nitrogens with zero attached hydrogens (tertiary/aromatic N) is 4. The zero-order valence-electron chi connectivity index (χ0n) is 17.8. The summed E-state index contributed by atoms with van der Waals surface area (Å²) in [6, 6.07) is 24.8. The first-order chi connectivity index (χ1) is 16.0. The van der Waals surface area contributed by atoms with E-state index in [2.05, 4.69) is 21.6 Å². The first kappa shape index (κ1) is 22.6. The molecule has 4 rings (SSSR count). The number of carbonyl (C=O) groups excluding carboxylic acids is 1. The van der Waals surface area contributed by atoms with E-state index in [-0.39, 0.29) is 11.7 Å². The van der Waals surface area contributed by atoms with Crippen molar-refractivity contribution in [1.82, 2.24) is 14.8 Å². The summed E-state index contributed by atoms with van der Waals surface area (Å²) in [4.78, 5) is 12.5. The standard InChI is InChI=1S/C25H20ClN5OS/c1-17-2-6-19(7-3-17)24-29-30-25(31(24)22-12-8-20(26)9-13-22)33-16-23(32)28-21-10-4-18(5-11-21)14-15-27/h2-13H,14,16H2,1H3,(H,28,32). The van der Waals surface area contributed by atoms with Gasteiger partial charge in [0, 0.05) is 22.0 Å². The highest BCUT2D eigenvalue weighted by Gasteiger charge is 2.17. The second kappa shape index (κ2) is 10.3. The number of hydrogen-bond acceptors (Lipinski definition) is 5. The lowest BCUT2D eigenvalue weighted by molar-refractivity contribution is -0.113. The largest absolute Gasteiger partial charge is 0.325 e. The lowest BCUT2D eigenvalue weighted by atomic mass is 10.1. The van der Waals surface area contributed by atoms with E-state index < -0.39 is 0 Å². The average molecular weight is 474 g/mol. The van der Waals surface area contributed by atoms with Crippen LogP contribution >= 0.6 is 23.4 Å². The fraction of sp³-hybridized carbons (Fsp3) is 0.120. The van der Waals surface area contributed by atoms with E-state index in [0.717, 1.165) is 22.4 Å². The highest BCUT2D eigenvalue weighted by molar-refractivity contribution is 7.99. The molecule has 4 aromatic rings. The quantitative estimate of drug-likeness (QED) is 0.348. The number of thioether (sulfide) groups is 1. The van der Waals surface area contributed by atoms with Crippen molar-refractivity contribution in [2.24, 2.45) is 0 Å². The maximum atomic E-state index is 12.5. The normalized spacial score (nSPS) is 10.6. The number of aryl methyl sites for hydroxylation is 1. The lowest BCUT2D eigenvalue weighted by Gasteiger charge is -2.11. The Kier molecular flexibility index (Phi) is 7.08. The molecule has 0 unspecified atom stereocenters. The number of nitriles is 1. The van der Waals surface area contributed by atoms with Gasteiger partial charge in [-0.3, -0.25) is 9.36 Å². The number of anilines is 1. The van der Waals surface area contributed by atoms with Gasteiger partial charge in [0.2, 0.25) is 5.91 Å². The van der Waals surface area contributed by atoms with Crippen molar-refractivity contribution in [2.45, 2.75) is 18.5 Å². The summed E-state index contributed by atoms with van der Waals surface area (Å²) in [6.07, 6.45) is 0.341. The van der Waals surface area contributed by atoms with Crippen LogP contribution in [0.15, 0.2) is 78.0 Å². The molecule has 3 aromatic carbocycles. The van der Waals surface area contributed by atoms with Crippen molar-refractivity contribution >= 4 is 35.0 Å². The highest BCUT2D eigenvalue weighted by Crippen LogP contribution is 2.29. The molecule has 1 heterocycles. The molecule has 0 aliphatic rings. The molecule has 1 N–H and O–H groups in total. The molecule has 0 bridgehead atoms. The molecular weight excluding hydrogens is 454 g/mol. The molecule has 8 heteroatoms. The molecule has 0 aliphatic heterocycles. The molecule has 33 heavy (non-hydrogen) atoms. The Bertz CT molecular complexity index is 1290. The minimum absolute atomic E-state index is 0.157.